The zero-order chi connectivity index (χ0) is 14.0. The molecule has 0 aromatic heterocycles. The zero-order valence-corrected chi connectivity index (χ0v) is 11.6. The standard InChI is InChI=1S/C15H20N2O2/c1-4-15(12-8-6-5-7-9-12)13(18)17(10-11(2)3)14(19)16-15/h5-9,11H,4,10H2,1-3H3,(H,16,19)/t15-/m0/s1. The van der Waals surface area contributed by atoms with Gasteiger partial charge in [-0.2, -0.15) is 0 Å². The molecule has 1 aromatic rings. The maximum absolute atomic E-state index is 12.6. The highest BCUT2D eigenvalue weighted by Gasteiger charge is 2.50. The van der Waals surface area contributed by atoms with Crippen molar-refractivity contribution in [3.8, 4) is 0 Å². The topological polar surface area (TPSA) is 49.4 Å². The molecule has 1 aromatic carbocycles. The van der Waals surface area contributed by atoms with Crippen LogP contribution in [-0.4, -0.2) is 23.4 Å². The maximum Gasteiger partial charge on any atom is 0.325 e. The van der Waals surface area contributed by atoms with Crippen LogP contribution < -0.4 is 5.32 Å². The second-order valence-electron chi connectivity index (χ2n) is 5.36. The number of nitrogens with one attached hydrogen (secondary N) is 1. The Morgan fingerprint density at radius 1 is 1.21 bits per heavy atom. The third-order valence-electron chi connectivity index (χ3n) is 3.52. The van der Waals surface area contributed by atoms with Crippen LogP contribution >= 0.6 is 0 Å². The highest BCUT2D eigenvalue weighted by atomic mass is 16.2. The molecule has 0 unspecified atom stereocenters. The van der Waals surface area contributed by atoms with E-state index in [-0.39, 0.29) is 17.9 Å². The Bertz CT molecular complexity index is 484. The highest BCUT2D eigenvalue weighted by Crippen LogP contribution is 2.32. The average molecular weight is 260 g/mol. The summed E-state index contributed by atoms with van der Waals surface area (Å²) in [6, 6.07) is 9.17. The molecule has 0 radical (unpaired) electrons. The first-order valence-electron chi connectivity index (χ1n) is 6.71. The number of amides is 3. The van der Waals surface area contributed by atoms with E-state index in [0.717, 1.165) is 5.56 Å². The molecule has 2 rings (SSSR count). The third-order valence-corrected chi connectivity index (χ3v) is 3.52. The Kier molecular flexibility index (Phi) is 3.60. The predicted molar refractivity (Wildman–Crippen MR) is 73.5 cm³/mol. The van der Waals surface area contributed by atoms with Gasteiger partial charge in [-0.05, 0) is 17.9 Å². The van der Waals surface area contributed by atoms with E-state index in [1.165, 1.54) is 4.90 Å². The number of benzene rings is 1. The molecule has 4 heteroatoms. The average Bonchev–Trinajstić information content (AvgIpc) is 2.64. The van der Waals surface area contributed by atoms with Gasteiger partial charge in [-0.15, -0.1) is 0 Å². The molecule has 0 aliphatic carbocycles. The number of nitrogens with zero attached hydrogens (tertiary/aromatic N) is 1. The van der Waals surface area contributed by atoms with Crippen molar-refractivity contribution in [3.05, 3.63) is 35.9 Å². The number of carbonyl (C=O) groups is 2. The van der Waals surface area contributed by atoms with Crippen molar-refractivity contribution in [2.24, 2.45) is 5.92 Å². The molecular weight excluding hydrogens is 240 g/mol. The van der Waals surface area contributed by atoms with Crippen LogP contribution in [0.3, 0.4) is 0 Å². The van der Waals surface area contributed by atoms with Crippen LogP contribution in [0.4, 0.5) is 4.79 Å². The van der Waals surface area contributed by atoms with Crippen molar-refractivity contribution in [2.45, 2.75) is 32.7 Å². The minimum Gasteiger partial charge on any atom is -0.319 e. The van der Waals surface area contributed by atoms with Crippen LogP contribution in [0.1, 0.15) is 32.8 Å². The Hall–Kier alpha value is -1.84. The molecule has 4 nitrogen and oxygen atoms in total. The molecule has 0 saturated carbocycles. The minimum absolute atomic E-state index is 0.139. The monoisotopic (exact) mass is 260 g/mol. The molecule has 1 aliphatic rings. The maximum atomic E-state index is 12.6. The Morgan fingerprint density at radius 3 is 2.37 bits per heavy atom. The van der Waals surface area contributed by atoms with Crippen molar-refractivity contribution < 1.29 is 9.59 Å². The Balaban J connectivity index is 2.38. The van der Waals surface area contributed by atoms with Crippen LogP contribution in [0.15, 0.2) is 30.3 Å². The number of hydrogen-bond donors (Lipinski definition) is 1. The van der Waals surface area contributed by atoms with Crippen molar-refractivity contribution in [2.75, 3.05) is 6.54 Å². The lowest BCUT2D eigenvalue weighted by Gasteiger charge is -2.26. The number of hydrogen-bond acceptors (Lipinski definition) is 2. The molecule has 102 valence electrons. The Morgan fingerprint density at radius 2 is 1.84 bits per heavy atom. The van der Waals surface area contributed by atoms with Gasteiger partial charge in [0.15, 0.2) is 0 Å². The number of rotatable bonds is 4. The van der Waals surface area contributed by atoms with Crippen molar-refractivity contribution in [3.63, 3.8) is 0 Å². The molecule has 1 heterocycles. The van der Waals surface area contributed by atoms with Crippen LogP contribution in [0.5, 0.6) is 0 Å². The molecule has 1 aliphatic heterocycles. The summed E-state index contributed by atoms with van der Waals surface area (Å²) in [5.74, 6) is 0.123. The number of imide groups is 1. The van der Waals surface area contributed by atoms with Crippen molar-refractivity contribution in [1.82, 2.24) is 10.2 Å². The quantitative estimate of drug-likeness (QED) is 0.846. The van der Waals surface area contributed by atoms with E-state index in [0.29, 0.717) is 13.0 Å². The lowest BCUT2D eigenvalue weighted by atomic mass is 9.87. The largest absolute Gasteiger partial charge is 0.325 e. The van der Waals surface area contributed by atoms with Crippen LogP contribution in [0, 0.1) is 5.92 Å². The summed E-state index contributed by atoms with van der Waals surface area (Å²) in [5.41, 5.74) is -0.0464. The lowest BCUT2D eigenvalue weighted by molar-refractivity contribution is -0.132. The van der Waals surface area contributed by atoms with Gasteiger partial charge in [0.2, 0.25) is 0 Å². The van der Waals surface area contributed by atoms with E-state index >= 15 is 0 Å². The summed E-state index contributed by atoms with van der Waals surface area (Å²) in [5, 5.41) is 2.88. The summed E-state index contributed by atoms with van der Waals surface area (Å²) in [7, 11) is 0. The fraction of sp³-hybridized carbons (Fsp3) is 0.467. The SMILES string of the molecule is CC[C@@]1(c2ccccc2)NC(=O)N(CC(C)C)C1=O. The van der Waals surface area contributed by atoms with E-state index < -0.39 is 5.54 Å². The van der Waals surface area contributed by atoms with Gasteiger partial charge in [0.1, 0.15) is 5.54 Å². The predicted octanol–water partition coefficient (Wildman–Crippen LogP) is 2.50. The molecule has 1 atom stereocenters. The molecule has 3 amide bonds. The van der Waals surface area contributed by atoms with Gasteiger partial charge in [-0.25, -0.2) is 4.79 Å². The minimum atomic E-state index is -0.896. The first-order chi connectivity index (χ1) is 9.01. The highest BCUT2D eigenvalue weighted by molar-refractivity contribution is 6.07. The molecule has 1 saturated heterocycles. The zero-order valence-electron chi connectivity index (χ0n) is 11.6. The fourth-order valence-corrected chi connectivity index (χ4v) is 2.52. The van der Waals surface area contributed by atoms with Gasteiger partial charge in [0.05, 0.1) is 0 Å². The molecule has 1 N–H and O–H groups in total. The van der Waals surface area contributed by atoms with Gasteiger partial charge in [-0.3, -0.25) is 9.69 Å². The Labute approximate surface area is 113 Å². The first kappa shape index (κ1) is 13.6. The molecule has 0 bridgehead atoms. The molecule has 0 spiro atoms. The summed E-state index contributed by atoms with van der Waals surface area (Å²) in [4.78, 5) is 26.0. The second-order valence-corrected chi connectivity index (χ2v) is 5.36. The fourth-order valence-electron chi connectivity index (χ4n) is 2.52. The first-order valence-corrected chi connectivity index (χ1v) is 6.71. The molecule has 19 heavy (non-hydrogen) atoms. The smallest absolute Gasteiger partial charge is 0.319 e. The van der Waals surface area contributed by atoms with Crippen molar-refractivity contribution in [1.29, 1.82) is 0 Å². The van der Waals surface area contributed by atoms with E-state index in [1.54, 1.807) is 0 Å². The lowest BCUT2D eigenvalue weighted by Crippen LogP contribution is -2.43. The summed E-state index contributed by atoms with van der Waals surface area (Å²) in [6.07, 6.45) is 0.552. The summed E-state index contributed by atoms with van der Waals surface area (Å²) in [6.45, 7) is 6.37. The van der Waals surface area contributed by atoms with Crippen molar-refractivity contribution >= 4 is 11.9 Å². The normalized spacial score (nSPS) is 23.1. The van der Waals surface area contributed by atoms with Gasteiger partial charge in [-0.1, -0.05) is 51.1 Å². The van der Waals surface area contributed by atoms with Gasteiger partial charge in [0.25, 0.3) is 5.91 Å². The van der Waals surface area contributed by atoms with Gasteiger partial charge < -0.3 is 5.32 Å². The van der Waals surface area contributed by atoms with Gasteiger partial charge in [0, 0.05) is 6.54 Å². The number of carbonyl (C=O) groups excluding carboxylic acids is 2. The van der Waals surface area contributed by atoms with E-state index in [1.807, 2.05) is 51.1 Å². The summed E-state index contributed by atoms with van der Waals surface area (Å²) >= 11 is 0. The molecular formula is C15H20N2O2. The van der Waals surface area contributed by atoms with Crippen LogP contribution in [-0.2, 0) is 10.3 Å². The van der Waals surface area contributed by atoms with Crippen LogP contribution in [0.2, 0.25) is 0 Å². The van der Waals surface area contributed by atoms with E-state index in [2.05, 4.69) is 5.32 Å². The molecule has 1 fully saturated rings. The van der Waals surface area contributed by atoms with Crippen LogP contribution in [0.25, 0.3) is 0 Å². The van der Waals surface area contributed by atoms with Gasteiger partial charge >= 0.3 is 6.03 Å². The van der Waals surface area contributed by atoms with E-state index in [9.17, 15) is 9.59 Å². The second kappa shape index (κ2) is 5.03. The summed E-state index contributed by atoms with van der Waals surface area (Å²) < 4.78 is 0. The third kappa shape index (κ3) is 2.23. The van der Waals surface area contributed by atoms with E-state index in [4.69, 9.17) is 0 Å². The number of urea groups is 1.